The summed E-state index contributed by atoms with van der Waals surface area (Å²) < 4.78 is 12.9. The molecule has 94 valence electrons. The van der Waals surface area contributed by atoms with E-state index in [1.807, 2.05) is 0 Å². The minimum Gasteiger partial charge on any atom is -0.389 e. The predicted octanol–water partition coefficient (Wildman–Crippen LogP) is 2.32. The average Bonchev–Trinajstić information content (AvgIpc) is 2.18. The van der Waals surface area contributed by atoms with Crippen LogP contribution in [-0.4, -0.2) is 35.1 Å². The summed E-state index contributed by atoms with van der Waals surface area (Å²) in [4.78, 5) is 13.3. The third-order valence-corrected chi connectivity index (χ3v) is 2.43. The summed E-state index contributed by atoms with van der Waals surface area (Å²) >= 11 is 5.60. The summed E-state index contributed by atoms with van der Waals surface area (Å²) in [6.07, 6.45) is 0. The number of hydrogen-bond donors (Lipinski definition) is 1. The van der Waals surface area contributed by atoms with Gasteiger partial charge >= 0.3 is 0 Å². The van der Waals surface area contributed by atoms with Gasteiger partial charge in [0.25, 0.3) is 5.91 Å². The molecule has 1 aromatic carbocycles. The van der Waals surface area contributed by atoms with E-state index in [1.54, 1.807) is 20.9 Å². The minimum atomic E-state index is -0.978. The Labute approximate surface area is 105 Å². The lowest BCUT2D eigenvalue weighted by Gasteiger charge is -2.25. The molecule has 1 amide bonds. The SMILES string of the molecule is CN(CC(C)(C)O)C(=O)c1ccc(F)c(Cl)c1. The topological polar surface area (TPSA) is 40.5 Å². The zero-order chi connectivity index (χ0) is 13.2. The molecule has 0 bridgehead atoms. The highest BCUT2D eigenvalue weighted by atomic mass is 35.5. The lowest BCUT2D eigenvalue weighted by molar-refractivity contribution is 0.0368. The Balaban J connectivity index is 2.85. The maximum absolute atomic E-state index is 12.9. The molecule has 17 heavy (non-hydrogen) atoms. The largest absolute Gasteiger partial charge is 0.389 e. The first-order chi connectivity index (χ1) is 7.70. The number of rotatable bonds is 3. The normalized spacial score (nSPS) is 11.4. The number of likely N-dealkylation sites (N-methyl/N-ethyl adjacent to an activating group) is 1. The van der Waals surface area contributed by atoms with Crippen LogP contribution in [0.1, 0.15) is 24.2 Å². The van der Waals surface area contributed by atoms with Crippen molar-refractivity contribution in [2.75, 3.05) is 13.6 Å². The number of nitrogens with zero attached hydrogens (tertiary/aromatic N) is 1. The Morgan fingerprint density at radius 1 is 1.53 bits per heavy atom. The Morgan fingerprint density at radius 2 is 2.12 bits per heavy atom. The van der Waals surface area contributed by atoms with Crippen molar-refractivity contribution in [3.8, 4) is 0 Å². The number of hydrogen-bond acceptors (Lipinski definition) is 2. The molecule has 0 aliphatic carbocycles. The molecule has 0 spiro atoms. The van der Waals surface area contributed by atoms with Crippen molar-refractivity contribution in [2.24, 2.45) is 0 Å². The van der Waals surface area contributed by atoms with Crippen LogP contribution >= 0.6 is 11.6 Å². The van der Waals surface area contributed by atoms with Crippen molar-refractivity contribution in [1.82, 2.24) is 4.90 Å². The number of amides is 1. The second-order valence-electron chi connectivity index (χ2n) is 4.60. The molecule has 0 heterocycles. The van der Waals surface area contributed by atoms with Crippen molar-refractivity contribution in [2.45, 2.75) is 19.4 Å². The fraction of sp³-hybridized carbons (Fsp3) is 0.417. The van der Waals surface area contributed by atoms with E-state index in [1.165, 1.54) is 17.0 Å². The van der Waals surface area contributed by atoms with Gasteiger partial charge in [-0.05, 0) is 32.0 Å². The molecule has 0 saturated heterocycles. The molecule has 3 nitrogen and oxygen atoms in total. The molecule has 0 fully saturated rings. The van der Waals surface area contributed by atoms with Crippen LogP contribution in [-0.2, 0) is 0 Å². The number of carbonyl (C=O) groups excluding carboxylic acids is 1. The minimum absolute atomic E-state index is 0.0903. The van der Waals surface area contributed by atoms with Gasteiger partial charge in [-0.15, -0.1) is 0 Å². The maximum atomic E-state index is 12.9. The van der Waals surface area contributed by atoms with Crippen molar-refractivity contribution in [3.05, 3.63) is 34.6 Å². The van der Waals surface area contributed by atoms with Crippen LogP contribution in [0, 0.1) is 5.82 Å². The molecule has 0 aromatic heterocycles. The molecular weight excluding hydrogens is 245 g/mol. The summed E-state index contributed by atoms with van der Waals surface area (Å²) in [6, 6.07) is 3.79. The quantitative estimate of drug-likeness (QED) is 0.905. The molecule has 0 radical (unpaired) electrons. The fourth-order valence-corrected chi connectivity index (χ4v) is 1.68. The summed E-state index contributed by atoms with van der Waals surface area (Å²) in [5.74, 6) is -0.873. The van der Waals surface area contributed by atoms with E-state index in [-0.39, 0.29) is 17.5 Å². The number of carbonyl (C=O) groups is 1. The van der Waals surface area contributed by atoms with Gasteiger partial charge in [0.1, 0.15) is 5.82 Å². The number of benzene rings is 1. The molecule has 1 N–H and O–H groups in total. The van der Waals surface area contributed by atoms with E-state index in [2.05, 4.69) is 0 Å². The highest BCUT2D eigenvalue weighted by Gasteiger charge is 2.20. The van der Waals surface area contributed by atoms with Crippen LogP contribution < -0.4 is 0 Å². The van der Waals surface area contributed by atoms with Gasteiger partial charge in [-0.2, -0.15) is 0 Å². The summed E-state index contributed by atoms with van der Waals surface area (Å²) in [5.41, 5.74) is -0.683. The van der Waals surface area contributed by atoms with E-state index in [4.69, 9.17) is 11.6 Å². The molecule has 0 atom stereocenters. The number of aliphatic hydroxyl groups is 1. The third-order valence-electron chi connectivity index (χ3n) is 2.14. The second kappa shape index (κ2) is 5.02. The van der Waals surface area contributed by atoms with E-state index < -0.39 is 11.4 Å². The zero-order valence-corrected chi connectivity index (χ0v) is 10.8. The molecule has 1 aromatic rings. The van der Waals surface area contributed by atoms with Gasteiger partial charge in [0.15, 0.2) is 0 Å². The predicted molar refractivity (Wildman–Crippen MR) is 64.7 cm³/mol. The van der Waals surface area contributed by atoms with Gasteiger partial charge in [-0.1, -0.05) is 11.6 Å². The maximum Gasteiger partial charge on any atom is 0.253 e. The van der Waals surface area contributed by atoms with Gasteiger partial charge in [-0.25, -0.2) is 4.39 Å². The van der Waals surface area contributed by atoms with Gasteiger partial charge in [0.2, 0.25) is 0 Å². The van der Waals surface area contributed by atoms with Crippen LogP contribution in [0.2, 0.25) is 5.02 Å². The Kier molecular flexibility index (Phi) is 4.11. The molecule has 1 rings (SSSR count). The molecule has 5 heteroatoms. The fourth-order valence-electron chi connectivity index (χ4n) is 1.50. The van der Waals surface area contributed by atoms with Crippen molar-refractivity contribution >= 4 is 17.5 Å². The summed E-state index contributed by atoms with van der Waals surface area (Å²) in [5, 5.41) is 9.51. The lowest BCUT2D eigenvalue weighted by Crippen LogP contribution is -2.39. The molecule has 0 unspecified atom stereocenters. The van der Waals surface area contributed by atoms with Gasteiger partial charge in [-0.3, -0.25) is 4.79 Å². The van der Waals surface area contributed by atoms with Crippen LogP contribution in [0.25, 0.3) is 0 Å². The van der Waals surface area contributed by atoms with Gasteiger partial charge < -0.3 is 10.0 Å². The Hall–Kier alpha value is -1.13. The van der Waals surface area contributed by atoms with E-state index in [0.717, 1.165) is 6.07 Å². The molecule has 0 aliphatic heterocycles. The average molecular weight is 260 g/mol. The second-order valence-corrected chi connectivity index (χ2v) is 5.01. The van der Waals surface area contributed by atoms with Crippen molar-refractivity contribution < 1.29 is 14.3 Å². The summed E-state index contributed by atoms with van der Waals surface area (Å²) in [7, 11) is 1.57. The third kappa shape index (κ3) is 3.98. The van der Waals surface area contributed by atoms with Crippen molar-refractivity contribution in [1.29, 1.82) is 0 Å². The first kappa shape index (κ1) is 13.9. The zero-order valence-electron chi connectivity index (χ0n) is 10.00. The Bertz CT molecular complexity index is 429. The van der Waals surface area contributed by atoms with E-state index >= 15 is 0 Å². The highest BCUT2D eigenvalue weighted by molar-refractivity contribution is 6.31. The summed E-state index contributed by atoms with van der Waals surface area (Å²) in [6.45, 7) is 3.39. The van der Waals surface area contributed by atoms with Crippen LogP contribution in [0.4, 0.5) is 4.39 Å². The molecular formula is C12H15ClFNO2. The lowest BCUT2D eigenvalue weighted by atomic mass is 10.1. The van der Waals surface area contributed by atoms with Crippen LogP contribution in [0.15, 0.2) is 18.2 Å². The monoisotopic (exact) mass is 259 g/mol. The van der Waals surface area contributed by atoms with Gasteiger partial charge in [0.05, 0.1) is 10.6 Å². The van der Waals surface area contributed by atoms with E-state index in [0.29, 0.717) is 5.56 Å². The van der Waals surface area contributed by atoms with Crippen LogP contribution in [0.3, 0.4) is 0 Å². The standard InChI is InChI=1S/C12H15ClFNO2/c1-12(2,17)7-15(3)11(16)8-4-5-10(14)9(13)6-8/h4-6,17H,7H2,1-3H3. The van der Waals surface area contributed by atoms with Crippen LogP contribution in [0.5, 0.6) is 0 Å². The first-order valence-corrected chi connectivity index (χ1v) is 5.51. The highest BCUT2D eigenvalue weighted by Crippen LogP contribution is 2.17. The Morgan fingerprint density at radius 3 is 2.59 bits per heavy atom. The van der Waals surface area contributed by atoms with Crippen molar-refractivity contribution in [3.63, 3.8) is 0 Å². The molecule has 0 aliphatic rings. The van der Waals surface area contributed by atoms with Gasteiger partial charge in [0, 0.05) is 19.2 Å². The molecule has 0 saturated carbocycles. The smallest absolute Gasteiger partial charge is 0.253 e. The van der Waals surface area contributed by atoms with E-state index in [9.17, 15) is 14.3 Å². The first-order valence-electron chi connectivity index (χ1n) is 5.13. The number of halogens is 2.